The highest BCUT2D eigenvalue weighted by Crippen LogP contribution is 2.16. The van der Waals surface area contributed by atoms with Crippen LogP contribution in [-0.2, 0) is 0 Å². The molecule has 15 heavy (non-hydrogen) atoms. The molecule has 2 rings (SSSR count). The van der Waals surface area contributed by atoms with E-state index in [1.54, 1.807) is 0 Å². The van der Waals surface area contributed by atoms with Crippen molar-refractivity contribution in [2.24, 2.45) is 0 Å². The van der Waals surface area contributed by atoms with E-state index in [9.17, 15) is 0 Å². The first-order valence-electron chi connectivity index (χ1n) is 4.52. The molecule has 0 radical (unpaired) electrons. The van der Waals surface area contributed by atoms with Crippen molar-refractivity contribution in [2.75, 3.05) is 25.0 Å². The molecule has 86 valence electrons. The van der Waals surface area contributed by atoms with E-state index >= 15 is 0 Å². The van der Waals surface area contributed by atoms with Crippen LogP contribution in [0.1, 0.15) is 5.69 Å². The third-order valence-electron chi connectivity index (χ3n) is 2.40. The van der Waals surface area contributed by atoms with E-state index in [-0.39, 0.29) is 24.8 Å². The van der Waals surface area contributed by atoms with Gasteiger partial charge in [0.2, 0.25) is 0 Å². The fourth-order valence-corrected chi connectivity index (χ4v) is 1.41. The number of hydrogen-bond acceptors (Lipinski definition) is 4. The third kappa shape index (κ3) is 3.19. The van der Waals surface area contributed by atoms with Gasteiger partial charge in [-0.2, -0.15) is 5.10 Å². The molecule has 6 heteroatoms. The second-order valence-electron chi connectivity index (χ2n) is 3.42. The molecule has 1 aliphatic rings. The van der Waals surface area contributed by atoms with E-state index in [0.29, 0.717) is 6.04 Å². The number of aryl methyl sites for hydroxylation is 1. The summed E-state index contributed by atoms with van der Waals surface area (Å²) in [5, 5.41) is 11.4. The van der Waals surface area contributed by atoms with Gasteiger partial charge in [-0.25, -0.2) is 0 Å². The van der Waals surface area contributed by atoms with Crippen LogP contribution in [0.4, 0.5) is 5.82 Å². The zero-order chi connectivity index (χ0) is 9.26. The number of aromatic nitrogens is 2. The summed E-state index contributed by atoms with van der Waals surface area (Å²) in [6, 6.07) is 4.63. The van der Waals surface area contributed by atoms with E-state index in [0.717, 1.165) is 24.6 Å². The quantitative estimate of drug-likeness (QED) is 0.852. The Morgan fingerprint density at radius 1 is 1.27 bits per heavy atom. The van der Waals surface area contributed by atoms with E-state index in [1.807, 2.05) is 26.1 Å². The maximum absolute atomic E-state index is 4.12. The fourth-order valence-electron chi connectivity index (χ4n) is 1.41. The minimum absolute atomic E-state index is 0. The first-order chi connectivity index (χ1) is 6.29. The highest BCUT2D eigenvalue weighted by molar-refractivity contribution is 5.85. The van der Waals surface area contributed by atoms with Gasteiger partial charge in [-0.15, -0.1) is 29.9 Å². The van der Waals surface area contributed by atoms with Crippen LogP contribution < -0.4 is 10.2 Å². The molecular formula is C9H16Cl2N4. The maximum atomic E-state index is 4.12. The molecule has 1 saturated heterocycles. The first kappa shape index (κ1) is 14.4. The molecule has 0 atom stereocenters. The monoisotopic (exact) mass is 250 g/mol. The van der Waals surface area contributed by atoms with Crippen molar-refractivity contribution in [3.63, 3.8) is 0 Å². The Kier molecular flexibility index (Phi) is 5.87. The Bertz CT molecular complexity index is 285. The van der Waals surface area contributed by atoms with Crippen LogP contribution in [0.25, 0.3) is 0 Å². The lowest BCUT2D eigenvalue weighted by molar-refractivity contribution is 0.445. The Balaban J connectivity index is 0.000000980. The molecule has 1 aromatic rings. The van der Waals surface area contributed by atoms with Crippen LogP contribution in [0.3, 0.4) is 0 Å². The van der Waals surface area contributed by atoms with E-state index in [2.05, 4.69) is 20.4 Å². The standard InChI is InChI=1S/C9H14N4.2ClH/c1-7-3-4-9(12-11-7)13-5-8(6-13)10-2;;/h3-4,8,10H,5-6H2,1-2H3;2*1H. The van der Waals surface area contributed by atoms with Crippen molar-refractivity contribution < 1.29 is 0 Å². The number of halogens is 2. The van der Waals surface area contributed by atoms with Crippen LogP contribution in [0.2, 0.25) is 0 Å². The molecule has 0 bridgehead atoms. The Hall–Kier alpha value is -0.580. The average Bonchev–Trinajstić information content (AvgIpc) is 2.06. The summed E-state index contributed by atoms with van der Waals surface area (Å²) >= 11 is 0. The van der Waals surface area contributed by atoms with Gasteiger partial charge in [-0.1, -0.05) is 0 Å². The van der Waals surface area contributed by atoms with Gasteiger partial charge in [0, 0.05) is 19.1 Å². The van der Waals surface area contributed by atoms with Crippen molar-refractivity contribution in [1.29, 1.82) is 0 Å². The molecule has 0 spiro atoms. The molecule has 1 N–H and O–H groups in total. The first-order valence-corrected chi connectivity index (χ1v) is 4.52. The van der Waals surface area contributed by atoms with Gasteiger partial charge in [-0.3, -0.25) is 0 Å². The molecule has 4 nitrogen and oxygen atoms in total. The smallest absolute Gasteiger partial charge is 0.151 e. The third-order valence-corrected chi connectivity index (χ3v) is 2.40. The van der Waals surface area contributed by atoms with Gasteiger partial charge in [0.05, 0.1) is 5.69 Å². The number of rotatable bonds is 2. The van der Waals surface area contributed by atoms with Gasteiger partial charge in [0.1, 0.15) is 0 Å². The topological polar surface area (TPSA) is 41.0 Å². The molecule has 1 aromatic heterocycles. The molecule has 0 aliphatic carbocycles. The Morgan fingerprint density at radius 3 is 2.40 bits per heavy atom. The van der Waals surface area contributed by atoms with E-state index in [4.69, 9.17) is 0 Å². The molecule has 0 saturated carbocycles. The fraction of sp³-hybridized carbons (Fsp3) is 0.556. The summed E-state index contributed by atoms with van der Waals surface area (Å²) in [4.78, 5) is 2.22. The summed E-state index contributed by atoms with van der Waals surface area (Å²) in [7, 11) is 1.99. The van der Waals surface area contributed by atoms with Crippen LogP contribution in [0, 0.1) is 6.92 Å². The number of nitrogens with one attached hydrogen (secondary N) is 1. The van der Waals surface area contributed by atoms with Crippen molar-refractivity contribution >= 4 is 30.6 Å². The lowest BCUT2D eigenvalue weighted by Crippen LogP contribution is -2.57. The van der Waals surface area contributed by atoms with Crippen molar-refractivity contribution in [1.82, 2.24) is 15.5 Å². The van der Waals surface area contributed by atoms with Crippen LogP contribution in [0.5, 0.6) is 0 Å². The minimum Gasteiger partial charge on any atom is -0.352 e. The molecule has 0 aromatic carbocycles. The molecule has 0 amide bonds. The summed E-state index contributed by atoms with van der Waals surface area (Å²) < 4.78 is 0. The zero-order valence-corrected chi connectivity index (χ0v) is 10.4. The molecule has 1 aliphatic heterocycles. The van der Waals surface area contributed by atoms with Gasteiger partial charge in [-0.05, 0) is 26.1 Å². The highest BCUT2D eigenvalue weighted by atomic mass is 35.5. The van der Waals surface area contributed by atoms with Crippen LogP contribution in [0.15, 0.2) is 12.1 Å². The number of likely N-dealkylation sites (N-methyl/N-ethyl adjacent to an activating group) is 1. The number of anilines is 1. The maximum Gasteiger partial charge on any atom is 0.151 e. The minimum atomic E-state index is 0. The number of nitrogens with zero attached hydrogens (tertiary/aromatic N) is 3. The lowest BCUT2D eigenvalue weighted by atomic mass is 10.1. The second-order valence-corrected chi connectivity index (χ2v) is 3.42. The van der Waals surface area contributed by atoms with Crippen molar-refractivity contribution in [2.45, 2.75) is 13.0 Å². The Morgan fingerprint density at radius 2 is 1.93 bits per heavy atom. The van der Waals surface area contributed by atoms with Gasteiger partial charge >= 0.3 is 0 Å². The predicted molar refractivity (Wildman–Crippen MR) is 66.3 cm³/mol. The SMILES string of the molecule is CNC1CN(c2ccc(C)nn2)C1.Cl.Cl. The average molecular weight is 251 g/mol. The normalized spacial score (nSPS) is 14.9. The molecular weight excluding hydrogens is 235 g/mol. The van der Waals surface area contributed by atoms with Gasteiger partial charge < -0.3 is 10.2 Å². The van der Waals surface area contributed by atoms with Crippen LogP contribution >= 0.6 is 24.8 Å². The van der Waals surface area contributed by atoms with E-state index < -0.39 is 0 Å². The molecule has 1 fully saturated rings. The largest absolute Gasteiger partial charge is 0.352 e. The predicted octanol–water partition coefficient (Wildman–Crippen LogP) is 1.04. The second kappa shape index (κ2) is 6.10. The highest BCUT2D eigenvalue weighted by Gasteiger charge is 2.25. The number of hydrogen-bond donors (Lipinski definition) is 1. The summed E-state index contributed by atoms with van der Waals surface area (Å²) in [5.74, 6) is 0.983. The van der Waals surface area contributed by atoms with E-state index in [1.165, 1.54) is 0 Å². The van der Waals surface area contributed by atoms with Gasteiger partial charge in [0.25, 0.3) is 0 Å². The summed E-state index contributed by atoms with van der Waals surface area (Å²) in [6.45, 7) is 4.02. The molecule has 0 unspecified atom stereocenters. The summed E-state index contributed by atoms with van der Waals surface area (Å²) in [5.41, 5.74) is 0.967. The molecule has 2 heterocycles. The van der Waals surface area contributed by atoms with Gasteiger partial charge in [0.15, 0.2) is 5.82 Å². The Labute approximate surface area is 102 Å². The van der Waals surface area contributed by atoms with Crippen LogP contribution in [-0.4, -0.2) is 36.4 Å². The lowest BCUT2D eigenvalue weighted by Gasteiger charge is -2.39. The van der Waals surface area contributed by atoms with Crippen molar-refractivity contribution in [3.05, 3.63) is 17.8 Å². The summed E-state index contributed by atoms with van der Waals surface area (Å²) in [6.07, 6.45) is 0. The van der Waals surface area contributed by atoms with Crippen molar-refractivity contribution in [3.8, 4) is 0 Å². The zero-order valence-electron chi connectivity index (χ0n) is 8.80.